The van der Waals surface area contributed by atoms with E-state index in [4.69, 9.17) is 25.7 Å². The van der Waals surface area contributed by atoms with Crippen molar-refractivity contribution >= 4 is 33.9 Å². The Bertz CT molecular complexity index is 1080. The summed E-state index contributed by atoms with van der Waals surface area (Å²) in [6.07, 6.45) is 0.974. The molecule has 0 aliphatic rings. The van der Waals surface area contributed by atoms with E-state index in [1.807, 2.05) is 0 Å². The second-order valence-corrected chi connectivity index (χ2v) is 7.02. The molecule has 8 nitrogen and oxygen atoms in total. The summed E-state index contributed by atoms with van der Waals surface area (Å²) in [5.41, 5.74) is 12.5. The molecule has 1 heterocycles. The van der Waals surface area contributed by atoms with E-state index in [1.165, 1.54) is 19.1 Å². The van der Waals surface area contributed by atoms with Gasteiger partial charge in [-0.05, 0) is 31.2 Å². The molecule has 6 N–H and O–H groups in total. The van der Waals surface area contributed by atoms with Crippen LogP contribution in [0.4, 0.5) is 11.4 Å². The zero-order valence-corrected chi connectivity index (χ0v) is 16.6. The van der Waals surface area contributed by atoms with Crippen LogP contribution in [0.2, 0.25) is 0 Å². The number of phenolic OH excluding ortho intramolecular Hbond substituents is 1. The highest BCUT2D eigenvalue weighted by Gasteiger charge is 2.24. The topological polar surface area (TPSA) is 149 Å². The molecule has 2 aromatic carbocycles. The van der Waals surface area contributed by atoms with E-state index in [0.29, 0.717) is 41.1 Å². The van der Waals surface area contributed by atoms with Gasteiger partial charge in [-0.1, -0.05) is 0 Å². The molecule has 0 bridgehead atoms. The molecule has 0 unspecified atom stereocenters. The highest BCUT2D eigenvalue weighted by atomic mass is 16.5. The van der Waals surface area contributed by atoms with Gasteiger partial charge < -0.3 is 35.6 Å². The molecule has 3 rings (SSSR count). The van der Waals surface area contributed by atoms with Crippen LogP contribution < -0.4 is 16.2 Å². The van der Waals surface area contributed by atoms with Crippen molar-refractivity contribution in [2.24, 2.45) is 0 Å². The summed E-state index contributed by atoms with van der Waals surface area (Å²) in [5, 5.41) is 19.2. The maximum atomic E-state index is 13.3. The van der Waals surface area contributed by atoms with E-state index >= 15 is 0 Å². The van der Waals surface area contributed by atoms with Crippen molar-refractivity contribution in [2.45, 2.75) is 26.2 Å². The number of aromatic hydroxyl groups is 1. The molecule has 0 saturated carbocycles. The van der Waals surface area contributed by atoms with Gasteiger partial charge in [0.05, 0.1) is 23.5 Å². The summed E-state index contributed by atoms with van der Waals surface area (Å²) in [6.45, 7) is 1.84. The van der Waals surface area contributed by atoms with Crippen molar-refractivity contribution < 1.29 is 29.0 Å². The number of rotatable bonds is 9. The average molecular weight is 412 g/mol. The standard InChI is InChI=1S/C22H24N2O6/c1-12(26)3-6-18-20(21(27)13-9-16(23)22(28)17(24)10-13)15-5-4-14(11-19(15)30-18)29-8-2-7-25/h4-5,9-11,25,28H,2-3,6-8,23-24H2,1H3. The zero-order valence-electron chi connectivity index (χ0n) is 16.6. The monoisotopic (exact) mass is 412 g/mol. The number of carbonyl (C=O) groups is 2. The number of hydrogen-bond acceptors (Lipinski definition) is 8. The largest absolute Gasteiger partial charge is 0.504 e. The quantitative estimate of drug-likeness (QED) is 0.181. The fourth-order valence-corrected chi connectivity index (χ4v) is 3.14. The molecule has 0 aliphatic carbocycles. The summed E-state index contributed by atoms with van der Waals surface area (Å²) in [6, 6.07) is 7.80. The number of fused-ring (bicyclic) bond motifs is 1. The minimum Gasteiger partial charge on any atom is -0.504 e. The maximum Gasteiger partial charge on any atom is 0.197 e. The van der Waals surface area contributed by atoms with E-state index in [9.17, 15) is 14.7 Å². The molecule has 0 radical (unpaired) electrons. The van der Waals surface area contributed by atoms with Crippen LogP contribution in [-0.4, -0.2) is 35.0 Å². The van der Waals surface area contributed by atoms with Crippen LogP contribution in [0.25, 0.3) is 11.0 Å². The first-order chi connectivity index (χ1) is 14.3. The number of aryl methyl sites for hydroxylation is 1. The molecule has 0 amide bonds. The van der Waals surface area contributed by atoms with E-state index < -0.39 is 0 Å². The van der Waals surface area contributed by atoms with E-state index in [0.717, 1.165) is 0 Å². The molecule has 158 valence electrons. The first-order valence-corrected chi connectivity index (χ1v) is 9.53. The lowest BCUT2D eigenvalue weighted by Gasteiger charge is -2.08. The van der Waals surface area contributed by atoms with Gasteiger partial charge in [0.15, 0.2) is 11.5 Å². The third-order valence-corrected chi connectivity index (χ3v) is 4.67. The number of phenols is 1. The van der Waals surface area contributed by atoms with Crippen LogP contribution in [-0.2, 0) is 11.2 Å². The number of nitrogen functional groups attached to an aromatic ring is 2. The Morgan fingerprint density at radius 1 is 1.13 bits per heavy atom. The van der Waals surface area contributed by atoms with Crippen molar-refractivity contribution in [3.05, 3.63) is 47.2 Å². The summed E-state index contributed by atoms with van der Waals surface area (Å²) in [7, 11) is 0. The van der Waals surface area contributed by atoms with Gasteiger partial charge in [-0.25, -0.2) is 0 Å². The van der Waals surface area contributed by atoms with Gasteiger partial charge in [0.1, 0.15) is 22.9 Å². The Morgan fingerprint density at radius 3 is 2.47 bits per heavy atom. The van der Waals surface area contributed by atoms with Gasteiger partial charge in [-0.3, -0.25) is 4.79 Å². The van der Waals surface area contributed by atoms with E-state index in [2.05, 4.69) is 0 Å². The SMILES string of the molecule is CC(=O)CCc1oc2cc(OCCCO)ccc2c1C(=O)c1cc(N)c(O)c(N)c1. The third kappa shape index (κ3) is 4.38. The Kier molecular flexibility index (Phi) is 6.27. The fourth-order valence-electron chi connectivity index (χ4n) is 3.14. The Morgan fingerprint density at radius 2 is 1.83 bits per heavy atom. The molecule has 0 atom stereocenters. The van der Waals surface area contributed by atoms with Crippen LogP contribution in [0.5, 0.6) is 11.5 Å². The van der Waals surface area contributed by atoms with Gasteiger partial charge in [-0.2, -0.15) is 0 Å². The predicted molar refractivity (Wildman–Crippen MR) is 113 cm³/mol. The minimum absolute atomic E-state index is 0.00370. The first kappa shape index (κ1) is 21.2. The number of aliphatic hydroxyl groups is 1. The van der Waals surface area contributed by atoms with Crippen molar-refractivity contribution in [2.75, 3.05) is 24.7 Å². The third-order valence-electron chi connectivity index (χ3n) is 4.67. The minimum atomic E-state index is -0.375. The molecular formula is C22H24N2O6. The second kappa shape index (κ2) is 8.87. The Hall–Kier alpha value is -3.52. The molecule has 0 saturated heterocycles. The Labute approximate surface area is 173 Å². The molecule has 0 aliphatic heterocycles. The van der Waals surface area contributed by atoms with Crippen LogP contribution in [0.15, 0.2) is 34.7 Å². The summed E-state index contributed by atoms with van der Waals surface area (Å²) >= 11 is 0. The number of Topliss-reactive ketones (excluding diaryl/α,β-unsaturated/α-hetero) is 1. The number of anilines is 2. The molecule has 1 aromatic heterocycles. The van der Waals surface area contributed by atoms with Gasteiger partial charge in [-0.15, -0.1) is 0 Å². The van der Waals surface area contributed by atoms with Gasteiger partial charge >= 0.3 is 0 Å². The normalized spacial score (nSPS) is 11.0. The van der Waals surface area contributed by atoms with E-state index in [1.54, 1.807) is 18.2 Å². The zero-order chi connectivity index (χ0) is 21.8. The average Bonchev–Trinajstić information content (AvgIpc) is 3.07. The number of benzene rings is 2. The van der Waals surface area contributed by atoms with Crippen molar-refractivity contribution in [1.82, 2.24) is 0 Å². The number of ether oxygens (including phenoxy) is 1. The maximum absolute atomic E-state index is 13.3. The van der Waals surface area contributed by atoms with E-state index in [-0.39, 0.29) is 53.7 Å². The number of carbonyl (C=O) groups excluding carboxylic acids is 2. The molecule has 0 fully saturated rings. The van der Waals surface area contributed by atoms with Crippen LogP contribution in [0.3, 0.4) is 0 Å². The smallest absolute Gasteiger partial charge is 0.197 e. The fraction of sp³-hybridized carbons (Fsp3) is 0.273. The van der Waals surface area contributed by atoms with Crippen LogP contribution in [0, 0.1) is 0 Å². The number of hydrogen-bond donors (Lipinski definition) is 4. The number of aliphatic hydroxyl groups excluding tert-OH is 1. The van der Waals surface area contributed by atoms with Crippen LogP contribution in [0.1, 0.15) is 41.4 Å². The first-order valence-electron chi connectivity index (χ1n) is 9.53. The van der Waals surface area contributed by atoms with Gasteiger partial charge in [0.2, 0.25) is 0 Å². The Balaban J connectivity index is 2.06. The molecule has 30 heavy (non-hydrogen) atoms. The molecular weight excluding hydrogens is 388 g/mol. The van der Waals surface area contributed by atoms with Crippen molar-refractivity contribution in [3.8, 4) is 11.5 Å². The lowest BCUT2D eigenvalue weighted by atomic mass is 9.97. The van der Waals surface area contributed by atoms with Crippen molar-refractivity contribution in [1.29, 1.82) is 0 Å². The lowest BCUT2D eigenvalue weighted by molar-refractivity contribution is -0.117. The second-order valence-electron chi connectivity index (χ2n) is 7.02. The number of nitrogens with two attached hydrogens (primary N) is 2. The molecule has 3 aromatic rings. The molecule has 0 spiro atoms. The highest BCUT2D eigenvalue weighted by molar-refractivity contribution is 6.17. The lowest BCUT2D eigenvalue weighted by Crippen LogP contribution is -2.07. The number of ketones is 2. The highest BCUT2D eigenvalue weighted by Crippen LogP contribution is 2.34. The summed E-state index contributed by atoms with van der Waals surface area (Å²) in [5.74, 6) is 0.243. The predicted octanol–water partition coefficient (Wildman–Crippen LogP) is 2.82. The van der Waals surface area contributed by atoms with Crippen molar-refractivity contribution in [3.63, 3.8) is 0 Å². The van der Waals surface area contributed by atoms with Gasteiger partial charge in [0, 0.05) is 42.9 Å². The molecule has 8 heteroatoms. The summed E-state index contributed by atoms with van der Waals surface area (Å²) in [4.78, 5) is 24.8. The van der Waals surface area contributed by atoms with Crippen LogP contribution >= 0.6 is 0 Å². The number of furan rings is 1. The summed E-state index contributed by atoms with van der Waals surface area (Å²) < 4.78 is 11.5. The van der Waals surface area contributed by atoms with Gasteiger partial charge in [0.25, 0.3) is 0 Å².